The summed E-state index contributed by atoms with van der Waals surface area (Å²) in [4.78, 5) is 18.0. The lowest BCUT2D eigenvalue weighted by Gasteiger charge is -2.41. The molecule has 1 atom stereocenters. The van der Waals surface area contributed by atoms with Gasteiger partial charge in [0.25, 0.3) is 0 Å². The van der Waals surface area contributed by atoms with Gasteiger partial charge >= 0.3 is 0 Å². The highest BCUT2D eigenvalue weighted by Gasteiger charge is 2.64. The standard InChI is InChI=1S/C27H22N6O2/c1-14-11-26(2,3)33-22-16(14)9-15(35-4)10-17(22)27(25(33)34)18(12-28)23(30)32-21-8-6-5-7-20(21)31-24(32)19(27)13-29/h5-11,31H,30H2,1-4H3. The Morgan fingerprint density at radius 2 is 1.83 bits per heavy atom. The molecule has 0 fully saturated rings. The fourth-order valence-electron chi connectivity index (χ4n) is 6.03. The summed E-state index contributed by atoms with van der Waals surface area (Å²) in [7, 11) is 1.55. The summed E-state index contributed by atoms with van der Waals surface area (Å²) >= 11 is 0. The molecule has 0 saturated heterocycles. The Hall–Kier alpha value is -4.69. The maximum absolute atomic E-state index is 14.6. The number of nitrogens with two attached hydrogens (primary N) is 1. The SMILES string of the molecule is COc1cc2c3c(c1)C1(C(=O)N3C(C)(C)C=C2C)C(C#N)=C(N)N2C(=C1C#N)Nc1ccccc12. The third-order valence-electron chi connectivity index (χ3n) is 7.37. The third kappa shape index (κ3) is 2.22. The van der Waals surface area contributed by atoms with E-state index in [0.29, 0.717) is 28.5 Å². The highest BCUT2D eigenvalue weighted by Crippen LogP contribution is 2.61. The van der Waals surface area contributed by atoms with Gasteiger partial charge in [0.05, 0.1) is 40.9 Å². The predicted octanol–water partition coefficient (Wildman–Crippen LogP) is 3.85. The van der Waals surface area contributed by atoms with Crippen molar-refractivity contribution in [2.75, 3.05) is 22.2 Å². The minimum Gasteiger partial charge on any atom is -0.497 e. The number of hydrogen-bond acceptors (Lipinski definition) is 7. The first-order chi connectivity index (χ1) is 16.7. The van der Waals surface area contributed by atoms with E-state index in [1.807, 2.05) is 57.2 Å². The van der Waals surface area contributed by atoms with Crippen LogP contribution < -0.4 is 25.6 Å². The molecule has 0 radical (unpaired) electrons. The summed E-state index contributed by atoms with van der Waals surface area (Å²) < 4.78 is 5.60. The number of ether oxygens (including phenoxy) is 1. The maximum Gasteiger partial charge on any atom is 0.249 e. The van der Waals surface area contributed by atoms with Crippen molar-refractivity contribution < 1.29 is 9.53 Å². The van der Waals surface area contributed by atoms with Crippen LogP contribution in [0.2, 0.25) is 0 Å². The molecule has 3 N–H and O–H groups in total. The number of fused-ring (bicyclic) bond motifs is 4. The molecule has 0 saturated carbocycles. The van der Waals surface area contributed by atoms with Crippen LogP contribution >= 0.6 is 0 Å². The van der Waals surface area contributed by atoms with Crippen molar-refractivity contribution in [3.8, 4) is 17.9 Å². The fourth-order valence-corrected chi connectivity index (χ4v) is 6.03. The minimum absolute atomic E-state index is 0.0274. The van der Waals surface area contributed by atoms with E-state index in [1.165, 1.54) is 0 Å². The number of nitriles is 2. The predicted molar refractivity (Wildman–Crippen MR) is 132 cm³/mol. The van der Waals surface area contributed by atoms with Gasteiger partial charge < -0.3 is 20.7 Å². The van der Waals surface area contributed by atoms with Gasteiger partial charge in [-0.1, -0.05) is 18.2 Å². The van der Waals surface area contributed by atoms with Gasteiger partial charge in [0.1, 0.15) is 29.5 Å². The number of nitrogens with zero attached hydrogens (tertiary/aromatic N) is 4. The van der Waals surface area contributed by atoms with Crippen LogP contribution in [-0.4, -0.2) is 18.6 Å². The van der Waals surface area contributed by atoms with Gasteiger partial charge in [-0.25, -0.2) is 0 Å². The highest BCUT2D eigenvalue weighted by molar-refractivity contribution is 6.18. The summed E-state index contributed by atoms with van der Waals surface area (Å²) in [5.41, 5.74) is 8.90. The number of hydrogen-bond donors (Lipinski definition) is 2. The van der Waals surface area contributed by atoms with Crippen molar-refractivity contribution in [1.29, 1.82) is 10.5 Å². The van der Waals surface area contributed by atoms with Crippen molar-refractivity contribution in [2.24, 2.45) is 5.73 Å². The first-order valence-corrected chi connectivity index (χ1v) is 11.2. The van der Waals surface area contributed by atoms with Crippen molar-refractivity contribution in [3.63, 3.8) is 0 Å². The van der Waals surface area contributed by atoms with Crippen molar-refractivity contribution in [2.45, 2.75) is 31.7 Å². The van der Waals surface area contributed by atoms with E-state index >= 15 is 0 Å². The third-order valence-corrected chi connectivity index (χ3v) is 7.37. The number of anilines is 3. The second kappa shape index (κ2) is 6.46. The summed E-state index contributed by atoms with van der Waals surface area (Å²) in [5, 5.41) is 24.3. The van der Waals surface area contributed by atoms with Gasteiger partial charge in [0.15, 0.2) is 5.41 Å². The monoisotopic (exact) mass is 462 g/mol. The molecule has 8 heteroatoms. The van der Waals surface area contributed by atoms with Crippen molar-refractivity contribution >= 4 is 28.5 Å². The number of methoxy groups -OCH3 is 1. The van der Waals surface area contributed by atoms with Gasteiger partial charge in [-0.3, -0.25) is 9.69 Å². The quantitative estimate of drug-likeness (QED) is 0.661. The molecule has 2 aromatic rings. The van der Waals surface area contributed by atoms with Crippen LogP contribution in [0.1, 0.15) is 31.9 Å². The lowest BCUT2D eigenvalue weighted by Crippen LogP contribution is -2.54. The molecule has 0 aromatic heterocycles. The average molecular weight is 463 g/mol. The number of amides is 1. The zero-order valence-corrected chi connectivity index (χ0v) is 19.7. The maximum atomic E-state index is 14.6. The zero-order valence-electron chi connectivity index (χ0n) is 19.7. The topological polar surface area (TPSA) is 118 Å². The normalized spacial score (nSPS) is 22.8. The van der Waals surface area contributed by atoms with Crippen molar-refractivity contribution in [3.05, 3.63) is 76.4 Å². The lowest BCUT2D eigenvalue weighted by molar-refractivity contribution is -0.121. The summed E-state index contributed by atoms with van der Waals surface area (Å²) in [6.07, 6.45) is 2.02. The highest BCUT2D eigenvalue weighted by atomic mass is 16.5. The molecular weight excluding hydrogens is 440 g/mol. The van der Waals surface area contributed by atoms with Gasteiger partial charge in [-0.05, 0) is 50.6 Å². The molecule has 35 heavy (non-hydrogen) atoms. The van der Waals surface area contributed by atoms with E-state index in [1.54, 1.807) is 23.0 Å². The molecule has 0 aliphatic carbocycles. The molecule has 4 aliphatic rings. The van der Waals surface area contributed by atoms with Crippen molar-refractivity contribution in [1.82, 2.24) is 0 Å². The van der Waals surface area contributed by atoms with Crippen LogP contribution in [-0.2, 0) is 10.2 Å². The van der Waals surface area contributed by atoms with Gasteiger partial charge in [-0.15, -0.1) is 0 Å². The zero-order chi connectivity index (χ0) is 24.9. The van der Waals surface area contributed by atoms with E-state index in [2.05, 4.69) is 17.5 Å². The summed E-state index contributed by atoms with van der Waals surface area (Å²) in [6, 6.07) is 15.6. The Bertz CT molecular complexity index is 1560. The molecule has 4 aliphatic heterocycles. The van der Waals surface area contributed by atoms with Gasteiger partial charge in [-0.2, -0.15) is 10.5 Å². The lowest BCUT2D eigenvalue weighted by atomic mass is 9.68. The van der Waals surface area contributed by atoms with Crippen LogP contribution in [0.3, 0.4) is 0 Å². The second-order valence-corrected chi connectivity index (χ2v) is 9.63. The van der Waals surface area contributed by atoms with E-state index in [-0.39, 0.29) is 22.9 Å². The second-order valence-electron chi connectivity index (χ2n) is 9.63. The number of para-hydroxylation sites is 2. The smallest absolute Gasteiger partial charge is 0.249 e. The minimum atomic E-state index is -1.71. The molecule has 1 spiro atoms. The van der Waals surface area contributed by atoms with E-state index < -0.39 is 11.0 Å². The Morgan fingerprint density at radius 1 is 1.11 bits per heavy atom. The number of carbonyl (C=O) groups excluding carboxylic acids is 1. The Balaban J connectivity index is 1.78. The fraction of sp³-hybridized carbons (Fsp3) is 0.222. The molecular formula is C27H22N6O2. The number of carbonyl (C=O) groups is 1. The Morgan fingerprint density at radius 3 is 2.51 bits per heavy atom. The average Bonchev–Trinajstić information content (AvgIpc) is 3.33. The summed E-state index contributed by atoms with van der Waals surface area (Å²) in [5.74, 6) is 0.656. The molecule has 1 unspecified atom stereocenters. The van der Waals surface area contributed by atoms with Gasteiger partial charge in [0, 0.05) is 11.1 Å². The number of rotatable bonds is 1. The van der Waals surface area contributed by atoms with E-state index in [4.69, 9.17) is 10.5 Å². The van der Waals surface area contributed by atoms with Crippen LogP contribution in [0.25, 0.3) is 5.57 Å². The number of benzene rings is 2. The molecule has 6 rings (SSSR count). The van der Waals surface area contributed by atoms with Gasteiger partial charge in [0.2, 0.25) is 5.91 Å². The summed E-state index contributed by atoms with van der Waals surface area (Å²) in [6.45, 7) is 5.88. The molecule has 1 amide bonds. The number of allylic oxidation sites excluding steroid dienone is 1. The first-order valence-electron chi connectivity index (χ1n) is 11.2. The van der Waals surface area contributed by atoms with Crippen LogP contribution in [0.15, 0.2) is 65.3 Å². The molecule has 172 valence electrons. The number of nitrogens with one attached hydrogen (secondary N) is 1. The van der Waals surface area contributed by atoms with Crippen LogP contribution in [0.5, 0.6) is 5.75 Å². The molecule has 2 aromatic carbocycles. The van der Waals surface area contributed by atoms with E-state index in [9.17, 15) is 15.3 Å². The largest absolute Gasteiger partial charge is 0.497 e. The Kier molecular flexibility index (Phi) is 3.85. The first kappa shape index (κ1) is 20.9. The van der Waals surface area contributed by atoms with E-state index in [0.717, 1.165) is 16.8 Å². The molecule has 4 heterocycles. The Labute approximate surface area is 202 Å². The molecule has 0 bridgehead atoms. The van der Waals surface area contributed by atoms with Crippen LogP contribution in [0.4, 0.5) is 17.1 Å². The van der Waals surface area contributed by atoms with Crippen LogP contribution in [0, 0.1) is 22.7 Å². The molecule has 8 nitrogen and oxygen atoms in total.